The summed E-state index contributed by atoms with van der Waals surface area (Å²) in [5.41, 5.74) is 3.13. The lowest BCUT2D eigenvalue weighted by Crippen LogP contribution is -2.42. The lowest BCUT2D eigenvalue weighted by Gasteiger charge is -2.22. The number of rotatable bonds is 7. The average molecular weight is 481 g/mol. The summed E-state index contributed by atoms with van der Waals surface area (Å²) >= 11 is 0. The Kier molecular flexibility index (Phi) is 10.4. The molecular formula is C20H28IN5O. The predicted molar refractivity (Wildman–Crippen MR) is 121 cm³/mol. The Morgan fingerprint density at radius 3 is 2.37 bits per heavy atom. The van der Waals surface area contributed by atoms with Crippen molar-refractivity contribution in [1.82, 2.24) is 20.5 Å². The van der Waals surface area contributed by atoms with E-state index < -0.39 is 0 Å². The fourth-order valence-electron chi connectivity index (χ4n) is 2.56. The number of nitrogens with zero attached hydrogens (tertiary/aromatic N) is 3. The first-order valence-electron chi connectivity index (χ1n) is 8.82. The van der Waals surface area contributed by atoms with Crippen LogP contribution in [-0.4, -0.2) is 48.9 Å². The maximum Gasteiger partial charge on any atom is 0.252 e. The van der Waals surface area contributed by atoms with E-state index in [1.807, 2.05) is 7.05 Å². The summed E-state index contributed by atoms with van der Waals surface area (Å²) in [6.45, 7) is 4.02. The molecule has 0 radical (unpaired) electrons. The molecule has 0 fully saturated rings. The van der Waals surface area contributed by atoms with E-state index in [-0.39, 0.29) is 29.9 Å². The second-order valence-electron chi connectivity index (χ2n) is 6.00. The number of aryl methyl sites for hydroxylation is 1. The minimum atomic E-state index is -0.126. The molecule has 0 saturated carbocycles. The minimum absolute atomic E-state index is 0. The summed E-state index contributed by atoms with van der Waals surface area (Å²) in [5.74, 6) is 0.666. The molecule has 1 amide bonds. The van der Waals surface area contributed by atoms with Gasteiger partial charge in [-0.25, -0.2) is 0 Å². The molecule has 2 aromatic rings. The SMILES string of the molecule is CCc1ccc(CN(C)C(=NC)NCCNC(=O)c2cccnc2)cc1.I. The minimum Gasteiger partial charge on any atom is -0.354 e. The van der Waals surface area contributed by atoms with E-state index in [4.69, 9.17) is 0 Å². The van der Waals surface area contributed by atoms with Gasteiger partial charge in [-0.2, -0.15) is 0 Å². The van der Waals surface area contributed by atoms with Crippen molar-refractivity contribution in [2.45, 2.75) is 19.9 Å². The summed E-state index contributed by atoms with van der Waals surface area (Å²) in [6, 6.07) is 12.1. The largest absolute Gasteiger partial charge is 0.354 e. The fraction of sp³-hybridized carbons (Fsp3) is 0.350. The van der Waals surface area contributed by atoms with Gasteiger partial charge in [-0.1, -0.05) is 31.2 Å². The van der Waals surface area contributed by atoms with Gasteiger partial charge in [-0.05, 0) is 29.7 Å². The molecule has 0 aliphatic carbocycles. The van der Waals surface area contributed by atoms with Gasteiger partial charge in [0.2, 0.25) is 0 Å². The number of hydrogen-bond acceptors (Lipinski definition) is 3. The fourth-order valence-corrected chi connectivity index (χ4v) is 2.56. The van der Waals surface area contributed by atoms with E-state index in [2.05, 4.69) is 56.7 Å². The Bertz CT molecular complexity index is 719. The number of hydrogen-bond donors (Lipinski definition) is 2. The lowest BCUT2D eigenvalue weighted by atomic mass is 10.1. The highest BCUT2D eigenvalue weighted by Crippen LogP contribution is 2.07. The number of carbonyl (C=O) groups excluding carboxylic acids is 1. The van der Waals surface area contributed by atoms with Crippen molar-refractivity contribution < 1.29 is 4.79 Å². The summed E-state index contributed by atoms with van der Waals surface area (Å²) in [7, 11) is 3.75. The van der Waals surface area contributed by atoms with Crippen LogP contribution < -0.4 is 10.6 Å². The second kappa shape index (κ2) is 12.3. The first-order valence-corrected chi connectivity index (χ1v) is 8.82. The molecule has 27 heavy (non-hydrogen) atoms. The summed E-state index contributed by atoms with van der Waals surface area (Å²) < 4.78 is 0. The van der Waals surface area contributed by atoms with Crippen LogP contribution in [0.4, 0.5) is 0 Å². The van der Waals surface area contributed by atoms with Gasteiger partial charge in [-0.15, -0.1) is 24.0 Å². The summed E-state index contributed by atoms with van der Waals surface area (Å²) in [6.07, 6.45) is 4.25. The standard InChI is InChI=1S/C20H27N5O.HI/c1-4-16-7-9-17(10-8-16)15-25(3)20(21-2)24-13-12-23-19(26)18-6-5-11-22-14-18;/h5-11,14H,4,12-13,15H2,1-3H3,(H,21,24)(H,23,26);1H. The van der Waals surface area contributed by atoms with Crippen LogP contribution in [0.1, 0.15) is 28.4 Å². The van der Waals surface area contributed by atoms with Crippen LogP contribution >= 0.6 is 24.0 Å². The molecule has 1 aromatic carbocycles. The Morgan fingerprint density at radius 2 is 1.78 bits per heavy atom. The van der Waals surface area contributed by atoms with E-state index in [0.717, 1.165) is 18.9 Å². The number of amides is 1. The number of carbonyl (C=O) groups is 1. The zero-order valence-electron chi connectivity index (χ0n) is 16.1. The van der Waals surface area contributed by atoms with Crippen LogP contribution in [0.25, 0.3) is 0 Å². The molecule has 0 atom stereocenters. The van der Waals surface area contributed by atoms with Gasteiger partial charge in [0, 0.05) is 46.1 Å². The molecule has 0 spiro atoms. The van der Waals surface area contributed by atoms with Gasteiger partial charge < -0.3 is 15.5 Å². The quantitative estimate of drug-likeness (QED) is 0.276. The first-order chi connectivity index (χ1) is 12.6. The van der Waals surface area contributed by atoms with Crippen LogP contribution in [0, 0.1) is 0 Å². The van der Waals surface area contributed by atoms with Gasteiger partial charge >= 0.3 is 0 Å². The van der Waals surface area contributed by atoms with E-state index in [1.54, 1.807) is 31.6 Å². The molecule has 7 heteroatoms. The van der Waals surface area contributed by atoms with Crippen molar-refractivity contribution in [3.05, 3.63) is 65.5 Å². The lowest BCUT2D eigenvalue weighted by molar-refractivity contribution is 0.0954. The number of halogens is 1. The van der Waals surface area contributed by atoms with E-state index in [0.29, 0.717) is 18.7 Å². The number of aromatic nitrogens is 1. The number of aliphatic imine (C=N–C) groups is 1. The second-order valence-corrected chi connectivity index (χ2v) is 6.00. The van der Waals surface area contributed by atoms with Crippen molar-refractivity contribution in [2.24, 2.45) is 4.99 Å². The average Bonchev–Trinajstić information content (AvgIpc) is 2.69. The predicted octanol–water partition coefficient (Wildman–Crippen LogP) is 2.70. The van der Waals surface area contributed by atoms with Crippen molar-refractivity contribution in [3.63, 3.8) is 0 Å². The normalized spacial score (nSPS) is 10.7. The zero-order chi connectivity index (χ0) is 18.8. The van der Waals surface area contributed by atoms with E-state index in [1.165, 1.54) is 11.1 Å². The van der Waals surface area contributed by atoms with Gasteiger partial charge in [0.25, 0.3) is 5.91 Å². The van der Waals surface area contributed by atoms with Crippen LogP contribution in [0.15, 0.2) is 53.8 Å². The Morgan fingerprint density at radius 1 is 1.11 bits per heavy atom. The highest BCUT2D eigenvalue weighted by Gasteiger charge is 2.07. The molecule has 146 valence electrons. The van der Waals surface area contributed by atoms with Crippen LogP contribution in [0.3, 0.4) is 0 Å². The Hall–Kier alpha value is -2.16. The van der Waals surface area contributed by atoms with Crippen molar-refractivity contribution >= 4 is 35.8 Å². The molecule has 6 nitrogen and oxygen atoms in total. The van der Waals surface area contributed by atoms with Crippen molar-refractivity contribution in [2.75, 3.05) is 27.2 Å². The maximum absolute atomic E-state index is 12.0. The molecule has 0 bridgehead atoms. The van der Waals surface area contributed by atoms with Crippen LogP contribution in [0.2, 0.25) is 0 Å². The number of guanidine groups is 1. The smallest absolute Gasteiger partial charge is 0.252 e. The van der Waals surface area contributed by atoms with Gasteiger partial charge in [0.15, 0.2) is 5.96 Å². The van der Waals surface area contributed by atoms with Crippen LogP contribution in [0.5, 0.6) is 0 Å². The summed E-state index contributed by atoms with van der Waals surface area (Å²) in [4.78, 5) is 22.3. The molecular weight excluding hydrogens is 453 g/mol. The van der Waals surface area contributed by atoms with Gasteiger partial charge in [0.1, 0.15) is 0 Å². The highest BCUT2D eigenvalue weighted by molar-refractivity contribution is 14.0. The third-order valence-corrected chi connectivity index (χ3v) is 4.04. The van der Waals surface area contributed by atoms with E-state index in [9.17, 15) is 4.79 Å². The molecule has 0 aliphatic rings. The topological polar surface area (TPSA) is 69.6 Å². The molecule has 0 saturated heterocycles. The molecule has 2 N–H and O–H groups in total. The van der Waals surface area contributed by atoms with Crippen molar-refractivity contribution in [1.29, 1.82) is 0 Å². The van der Waals surface area contributed by atoms with Gasteiger partial charge in [0.05, 0.1) is 5.56 Å². The monoisotopic (exact) mass is 481 g/mol. The van der Waals surface area contributed by atoms with Gasteiger partial charge in [-0.3, -0.25) is 14.8 Å². The number of pyridine rings is 1. The first kappa shape index (κ1) is 22.9. The molecule has 2 rings (SSSR count). The third-order valence-electron chi connectivity index (χ3n) is 4.04. The summed E-state index contributed by atoms with van der Waals surface area (Å²) in [5, 5.41) is 6.13. The van der Waals surface area contributed by atoms with Crippen LogP contribution in [-0.2, 0) is 13.0 Å². The zero-order valence-corrected chi connectivity index (χ0v) is 18.4. The van der Waals surface area contributed by atoms with E-state index >= 15 is 0 Å². The number of nitrogens with one attached hydrogen (secondary N) is 2. The molecule has 0 unspecified atom stereocenters. The Labute approximate surface area is 178 Å². The maximum atomic E-state index is 12.0. The molecule has 1 aromatic heterocycles. The number of benzene rings is 1. The molecule has 0 aliphatic heterocycles. The third kappa shape index (κ3) is 7.54. The van der Waals surface area contributed by atoms with Crippen molar-refractivity contribution in [3.8, 4) is 0 Å². The Balaban J connectivity index is 0.00000364. The molecule has 1 heterocycles. The highest BCUT2D eigenvalue weighted by atomic mass is 127.